The van der Waals surface area contributed by atoms with Crippen molar-refractivity contribution in [3.05, 3.63) is 46.0 Å². The zero-order valence-corrected chi connectivity index (χ0v) is 11.9. The fourth-order valence-electron chi connectivity index (χ4n) is 0. The molecule has 0 spiro atoms. The van der Waals surface area contributed by atoms with Gasteiger partial charge in [0, 0.05) is 14.1 Å². The molecule has 0 aliphatic rings. The topological polar surface area (TPSA) is 219 Å². The van der Waals surface area contributed by atoms with Crippen LogP contribution in [0.4, 0.5) is 0 Å². The predicted octanol–water partition coefficient (Wildman–Crippen LogP) is -1.02. The van der Waals surface area contributed by atoms with Crippen molar-refractivity contribution in [1.29, 1.82) is 0 Å². The standard InChI is InChI=1S/C3H7NO.3NO3.Y/c1-4(2)3-5;3*2-1(3)4;/h3H,1-2H3;;;;/q;3*-1;+3. The van der Waals surface area contributed by atoms with Gasteiger partial charge in [-0.15, -0.1) is 0 Å². The molecule has 0 aromatic heterocycles. The van der Waals surface area contributed by atoms with E-state index >= 15 is 0 Å². The van der Waals surface area contributed by atoms with Gasteiger partial charge in [-0.25, -0.2) is 0 Å². The summed E-state index contributed by atoms with van der Waals surface area (Å²) in [7, 11) is 3.38. The molecule has 0 saturated carbocycles. The minimum atomic E-state index is -1.75. The van der Waals surface area contributed by atoms with E-state index in [1.807, 2.05) is 0 Å². The van der Waals surface area contributed by atoms with Crippen LogP contribution in [0, 0.1) is 46.0 Å². The summed E-state index contributed by atoms with van der Waals surface area (Å²) in [5, 5.41) is 44.2. The summed E-state index contributed by atoms with van der Waals surface area (Å²) < 4.78 is 0. The van der Waals surface area contributed by atoms with E-state index in [0.717, 1.165) is 6.41 Å². The first-order valence-electron chi connectivity index (χ1n) is 3.03. The monoisotopic (exact) mass is 348 g/mol. The van der Waals surface area contributed by atoms with Gasteiger partial charge >= 0.3 is 32.7 Å². The van der Waals surface area contributed by atoms with Gasteiger partial charge in [0.15, 0.2) is 0 Å². The molecular formula is C3H7N4O10Y. The van der Waals surface area contributed by atoms with E-state index in [9.17, 15) is 4.79 Å². The second-order valence-corrected chi connectivity index (χ2v) is 1.74. The third-order valence-electron chi connectivity index (χ3n) is 0.211. The van der Waals surface area contributed by atoms with Crippen molar-refractivity contribution in [3.8, 4) is 0 Å². The van der Waals surface area contributed by atoms with E-state index < -0.39 is 15.3 Å². The van der Waals surface area contributed by atoms with E-state index in [1.54, 1.807) is 14.1 Å². The Balaban J connectivity index is -0.0000000412. The smallest absolute Gasteiger partial charge is 0.356 e. The fourth-order valence-corrected chi connectivity index (χ4v) is 0. The molecule has 0 aliphatic heterocycles. The van der Waals surface area contributed by atoms with Gasteiger partial charge in [0.1, 0.15) is 0 Å². The minimum Gasteiger partial charge on any atom is -0.356 e. The Morgan fingerprint density at radius 1 is 0.778 bits per heavy atom. The largest absolute Gasteiger partial charge is 3.00 e. The summed E-state index contributed by atoms with van der Waals surface area (Å²) in [6.45, 7) is 0. The summed E-state index contributed by atoms with van der Waals surface area (Å²) in [5.74, 6) is 0. The van der Waals surface area contributed by atoms with E-state index in [-0.39, 0.29) is 32.7 Å². The first kappa shape index (κ1) is 29.8. The third-order valence-corrected chi connectivity index (χ3v) is 0.211. The molecule has 0 rings (SSSR count). The van der Waals surface area contributed by atoms with Crippen LogP contribution in [0.15, 0.2) is 0 Å². The number of carbonyl (C=O) groups excluding carboxylic acids is 1. The van der Waals surface area contributed by atoms with Gasteiger partial charge < -0.3 is 50.9 Å². The van der Waals surface area contributed by atoms with Gasteiger partial charge in [0.05, 0.1) is 15.3 Å². The first-order valence-corrected chi connectivity index (χ1v) is 3.03. The van der Waals surface area contributed by atoms with Gasteiger partial charge in [-0.3, -0.25) is 4.79 Å². The van der Waals surface area contributed by atoms with Crippen LogP contribution in [0.1, 0.15) is 0 Å². The number of hydrogen-bond acceptors (Lipinski definition) is 10. The molecule has 0 N–H and O–H groups in total. The molecule has 14 nitrogen and oxygen atoms in total. The van der Waals surface area contributed by atoms with Crippen molar-refractivity contribution >= 4 is 6.41 Å². The van der Waals surface area contributed by atoms with Crippen LogP contribution in [-0.4, -0.2) is 40.7 Å². The van der Waals surface area contributed by atoms with Crippen molar-refractivity contribution in [2.75, 3.05) is 14.1 Å². The Labute approximate surface area is 124 Å². The average molecular weight is 348 g/mol. The Morgan fingerprint density at radius 2 is 0.833 bits per heavy atom. The van der Waals surface area contributed by atoms with Crippen LogP contribution in [0.5, 0.6) is 0 Å². The summed E-state index contributed by atoms with van der Waals surface area (Å²) in [4.78, 5) is 35.6. The van der Waals surface area contributed by atoms with Gasteiger partial charge in [-0.2, -0.15) is 0 Å². The van der Waals surface area contributed by atoms with E-state index in [4.69, 9.17) is 46.0 Å². The fraction of sp³-hybridized carbons (Fsp3) is 0.667. The van der Waals surface area contributed by atoms with Crippen LogP contribution in [0.3, 0.4) is 0 Å². The minimum absolute atomic E-state index is 0. The molecule has 18 heavy (non-hydrogen) atoms. The summed E-state index contributed by atoms with van der Waals surface area (Å²) in [6.07, 6.45) is 0.750. The van der Waals surface area contributed by atoms with Crippen LogP contribution < -0.4 is 0 Å². The van der Waals surface area contributed by atoms with E-state index in [2.05, 4.69) is 0 Å². The molecule has 102 valence electrons. The Hall–Kier alpha value is -1.83. The Morgan fingerprint density at radius 3 is 0.833 bits per heavy atom. The van der Waals surface area contributed by atoms with Crippen LogP contribution in [0.25, 0.3) is 0 Å². The molecule has 0 heterocycles. The number of hydrogen-bond donors (Lipinski definition) is 0. The second-order valence-electron chi connectivity index (χ2n) is 1.74. The zero-order valence-electron chi connectivity index (χ0n) is 9.03. The molecule has 0 saturated heterocycles. The zero-order chi connectivity index (χ0) is 15.0. The second kappa shape index (κ2) is 24.4. The van der Waals surface area contributed by atoms with Crippen molar-refractivity contribution in [3.63, 3.8) is 0 Å². The molecule has 0 aliphatic carbocycles. The Kier molecular flexibility index (Phi) is 40.5. The summed E-state index contributed by atoms with van der Waals surface area (Å²) in [6, 6.07) is 0. The van der Waals surface area contributed by atoms with Gasteiger partial charge in [0.25, 0.3) is 0 Å². The molecule has 0 aromatic rings. The van der Waals surface area contributed by atoms with Gasteiger partial charge in [-0.05, 0) is 0 Å². The number of carbonyl (C=O) groups is 1. The maximum Gasteiger partial charge on any atom is 3.00 e. The van der Waals surface area contributed by atoms with Gasteiger partial charge in [0.2, 0.25) is 6.41 Å². The van der Waals surface area contributed by atoms with Gasteiger partial charge in [-0.1, -0.05) is 0 Å². The summed E-state index contributed by atoms with van der Waals surface area (Å²) in [5.41, 5.74) is 0. The quantitative estimate of drug-likeness (QED) is 0.319. The molecule has 1 amide bonds. The number of nitrogens with zero attached hydrogens (tertiary/aromatic N) is 4. The molecule has 0 unspecified atom stereocenters. The maximum atomic E-state index is 9.43. The van der Waals surface area contributed by atoms with Crippen LogP contribution in [-0.2, 0) is 37.5 Å². The third kappa shape index (κ3) is 81300. The molecule has 0 radical (unpaired) electrons. The van der Waals surface area contributed by atoms with Crippen LogP contribution >= 0.6 is 0 Å². The molecule has 0 fully saturated rings. The molecule has 0 atom stereocenters. The maximum absolute atomic E-state index is 9.43. The molecule has 0 aromatic carbocycles. The van der Waals surface area contributed by atoms with Crippen molar-refractivity contribution in [2.45, 2.75) is 0 Å². The van der Waals surface area contributed by atoms with E-state index in [0.29, 0.717) is 0 Å². The van der Waals surface area contributed by atoms with E-state index in [1.165, 1.54) is 4.90 Å². The van der Waals surface area contributed by atoms with Crippen molar-refractivity contribution in [1.82, 2.24) is 4.90 Å². The molecule has 15 heteroatoms. The normalized spacial score (nSPS) is 5.89. The first-order chi connectivity index (χ1) is 7.47. The average Bonchev–Trinajstić information content (AvgIpc) is 2.00. The predicted molar refractivity (Wildman–Crippen MR) is 50.8 cm³/mol. The Bertz CT molecular complexity index is 193. The number of rotatable bonds is 1. The molecular weight excluding hydrogens is 341 g/mol. The summed E-state index contributed by atoms with van der Waals surface area (Å²) >= 11 is 0. The molecule has 0 bridgehead atoms. The van der Waals surface area contributed by atoms with Crippen molar-refractivity contribution in [2.24, 2.45) is 0 Å². The SMILES string of the molecule is CN(C)C=O.O=[N+]([O-])[O-].O=[N+]([O-])[O-].O=[N+]([O-])[O-].[Y+3]. The van der Waals surface area contributed by atoms with Crippen LogP contribution in [0.2, 0.25) is 0 Å². The van der Waals surface area contributed by atoms with Crippen molar-refractivity contribution < 1.29 is 52.8 Å². The number of amides is 1.